The van der Waals surface area contributed by atoms with Crippen LogP contribution in [0.5, 0.6) is 0 Å². The normalized spacial score (nSPS) is 17.2. The van der Waals surface area contributed by atoms with Gasteiger partial charge < -0.3 is 10.6 Å². The van der Waals surface area contributed by atoms with Crippen LogP contribution in [0.4, 0.5) is 5.13 Å². The van der Waals surface area contributed by atoms with E-state index in [4.69, 9.17) is 5.73 Å². The van der Waals surface area contributed by atoms with Crippen LogP contribution >= 0.6 is 22.7 Å². The summed E-state index contributed by atoms with van der Waals surface area (Å²) in [5, 5.41) is 5.23. The fraction of sp³-hybridized carbons (Fsp3) is 0.438. The predicted octanol–water partition coefficient (Wildman–Crippen LogP) is 2.78. The van der Waals surface area contributed by atoms with Gasteiger partial charge in [-0.05, 0) is 25.8 Å². The molecule has 1 saturated heterocycles. The SMILES string of the molecule is Cc1sc(C2CCCN2C(=O)CCN)cc1C(=O)Nc1nccs1. The number of anilines is 1. The molecule has 3 heterocycles. The van der Waals surface area contributed by atoms with Crippen LogP contribution in [0.25, 0.3) is 0 Å². The van der Waals surface area contributed by atoms with Crippen LogP contribution in [-0.4, -0.2) is 34.8 Å². The molecule has 1 aliphatic heterocycles. The molecule has 0 radical (unpaired) electrons. The molecule has 1 atom stereocenters. The zero-order valence-electron chi connectivity index (χ0n) is 13.4. The topological polar surface area (TPSA) is 88.3 Å². The highest BCUT2D eigenvalue weighted by Crippen LogP contribution is 2.37. The smallest absolute Gasteiger partial charge is 0.258 e. The molecule has 24 heavy (non-hydrogen) atoms. The maximum absolute atomic E-state index is 12.4. The van der Waals surface area contributed by atoms with Crippen LogP contribution in [0.2, 0.25) is 0 Å². The highest BCUT2D eigenvalue weighted by molar-refractivity contribution is 7.14. The third-order valence-corrected chi connectivity index (χ3v) is 5.93. The minimum atomic E-state index is -0.150. The number of carbonyl (C=O) groups excluding carboxylic acids is 2. The summed E-state index contributed by atoms with van der Waals surface area (Å²) in [5.74, 6) is -0.0531. The number of nitrogens with two attached hydrogens (primary N) is 1. The number of hydrogen-bond donors (Lipinski definition) is 2. The van der Waals surface area contributed by atoms with Crippen molar-refractivity contribution in [1.29, 1.82) is 0 Å². The molecule has 6 nitrogen and oxygen atoms in total. The van der Waals surface area contributed by atoms with Crippen molar-refractivity contribution < 1.29 is 9.59 Å². The van der Waals surface area contributed by atoms with Crippen LogP contribution in [0.3, 0.4) is 0 Å². The first-order valence-corrected chi connectivity index (χ1v) is 9.60. The van der Waals surface area contributed by atoms with Gasteiger partial charge in [0.2, 0.25) is 5.91 Å². The predicted molar refractivity (Wildman–Crippen MR) is 96.5 cm³/mol. The lowest BCUT2D eigenvalue weighted by Crippen LogP contribution is -2.31. The van der Waals surface area contributed by atoms with Gasteiger partial charge in [-0.25, -0.2) is 4.98 Å². The van der Waals surface area contributed by atoms with Crippen molar-refractivity contribution in [2.75, 3.05) is 18.4 Å². The number of aromatic nitrogens is 1. The maximum Gasteiger partial charge on any atom is 0.258 e. The number of aryl methyl sites for hydroxylation is 1. The van der Waals surface area contributed by atoms with Gasteiger partial charge in [-0.1, -0.05) is 0 Å². The van der Waals surface area contributed by atoms with Gasteiger partial charge in [0.05, 0.1) is 11.6 Å². The molecule has 0 aliphatic carbocycles. The van der Waals surface area contributed by atoms with Crippen LogP contribution in [0, 0.1) is 6.92 Å². The van der Waals surface area contributed by atoms with Crippen LogP contribution in [-0.2, 0) is 4.79 Å². The van der Waals surface area contributed by atoms with E-state index >= 15 is 0 Å². The molecular weight excluding hydrogens is 344 g/mol. The summed E-state index contributed by atoms with van der Waals surface area (Å²) in [6.07, 6.45) is 3.95. The minimum Gasteiger partial charge on any atom is -0.335 e. The Morgan fingerprint density at radius 2 is 2.33 bits per heavy atom. The summed E-state index contributed by atoms with van der Waals surface area (Å²) in [6.45, 7) is 3.07. The van der Waals surface area contributed by atoms with Gasteiger partial charge >= 0.3 is 0 Å². The zero-order valence-corrected chi connectivity index (χ0v) is 15.1. The molecule has 1 fully saturated rings. The second-order valence-electron chi connectivity index (χ2n) is 5.69. The fourth-order valence-electron chi connectivity index (χ4n) is 2.97. The minimum absolute atomic E-state index is 0.0640. The Bertz CT molecular complexity index is 727. The molecule has 2 amide bonds. The molecule has 1 unspecified atom stereocenters. The zero-order chi connectivity index (χ0) is 17.1. The van der Waals surface area contributed by atoms with Crippen molar-refractivity contribution in [2.45, 2.75) is 32.2 Å². The van der Waals surface area contributed by atoms with Crippen molar-refractivity contribution in [1.82, 2.24) is 9.88 Å². The number of thiophene rings is 1. The van der Waals surface area contributed by atoms with Gasteiger partial charge in [0, 0.05) is 40.8 Å². The summed E-state index contributed by atoms with van der Waals surface area (Å²) >= 11 is 2.98. The standard InChI is InChI=1S/C16H20N4O2S2/c1-10-11(15(22)19-16-18-6-8-23-16)9-13(24-10)12-3-2-7-20(12)14(21)4-5-17/h6,8-9,12H,2-5,7,17H2,1H3,(H,18,19,22). The summed E-state index contributed by atoms with van der Waals surface area (Å²) in [7, 11) is 0. The quantitative estimate of drug-likeness (QED) is 0.854. The van der Waals surface area contributed by atoms with Crippen molar-refractivity contribution in [3.8, 4) is 0 Å². The van der Waals surface area contributed by atoms with Crippen molar-refractivity contribution in [3.05, 3.63) is 33.0 Å². The van der Waals surface area contributed by atoms with Crippen LogP contribution in [0.1, 0.15) is 45.4 Å². The van der Waals surface area contributed by atoms with E-state index in [1.807, 2.05) is 23.3 Å². The number of nitrogens with one attached hydrogen (secondary N) is 1. The van der Waals surface area contributed by atoms with E-state index in [-0.39, 0.29) is 17.9 Å². The Hall–Kier alpha value is -1.77. The van der Waals surface area contributed by atoms with Crippen LogP contribution < -0.4 is 11.1 Å². The van der Waals surface area contributed by atoms with Gasteiger partial charge in [0.25, 0.3) is 5.91 Å². The molecule has 3 rings (SSSR count). The summed E-state index contributed by atoms with van der Waals surface area (Å²) < 4.78 is 0. The lowest BCUT2D eigenvalue weighted by molar-refractivity contribution is -0.131. The monoisotopic (exact) mass is 364 g/mol. The Balaban J connectivity index is 1.78. The first-order valence-electron chi connectivity index (χ1n) is 7.91. The largest absolute Gasteiger partial charge is 0.335 e. The first kappa shape index (κ1) is 17.1. The van der Waals surface area contributed by atoms with E-state index in [9.17, 15) is 9.59 Å². The fourth-order valence-corrected chi connectivity index (χ4v) is 4.67. The lowest BCUT2D eigenvalue weighted by Gasteiger charge is -2.23. The molecule has 0 bridgehead atoms. The van der Waals surface area contributed by atoms with E-state index in [0.717, 1.165) is 29.1 Å². The highest BCUT2D eigenvalue weighted by Gasteiger charge is 2.31. The molecular formula is C16H20N4O2S2. The van der Waals surface area contributed by atoms with Crippen molar-refractivity contribution in [3.63, 3.8) is 0 Å². The second kappa shape index (κ2) is 7.42. The maximum atomic E-state index is 12.4. The Kier molecular flexibility index (Phi) is 5.27. The molecule has 0 aromatic carbocycles. The van der Waals surface area contributed by atoms with E-state index in [0.29, 0.717) is 23.7 Å². The van der Waals surface area contributed by atoms with E-state index in [2.05, 4.69) is 10.3 Å². The van der Waals surface area contributed by atoms with Gasteiger partial charge in [0.1, 0.15) is 0 Å². The number of carbonyl (C=O) groups is 2. The number of nitrogens with zero attached hydrogens (tertiary/aromatic N) is 2. The summed E-state index contributed by atoms with van der Waals surface area (Å²) in [5.41, 5.74) is 6.17. The number of likely N-dealkylation sites (tertiary alicyclic amines) is 1. The van der Waals surface area contributed by atoms with Gasteiger partial charge in [-0.2, -0.15) is 0 Å². The number of hydrogen-bond acceptors (Lipinski definition) is 6. The molecule has 8 heteroatoms. The van der Waals surface area contributed by atoms with E-state index in [1.165, 1.54) is 11.3 Å². The van der Waals surface area contributed by atoms with Crippen LogP contribution in [0.15, 0.2) is 17.6 Å². The Morgan fingerprint density at radius 1 is 1.50 bits per heavy atom. The molecule has 128 valence electrons. The second-order valence-corrected chi connectivity index (χ2v) is 7.88. The first-order chi connectivity index (χ1) is 11.6. The average molecular weight is 364 g/mol. The Morgan fingerprint density at radius 3 is 3.04 bits per heavy atom. The molecule has 3 N–H and O–H groups in total. The summed E-state index contributed by atoms with van der Waals surface area (Å²) in [4.78, 5) is 32.7. The van der Waals surface area contributed by atoms with Gasteiger partial charge in [-0.15, -0.1) is 22.7 Å². The molecule has 2 aromatic heterocycles. The number of amides is 2. The third kappa shape index (κ3) is 3.50. The molecule has 0 spiro atoms. The highest BCUT2D eigenvalue weighted by atomic mass is 32.1. The number of thiazole rings is 1. The van der Waals surface area contributed by atoms with E-state index in [1.54, 1.807) is 17.5 Å². The lowest BCUT2D eigenvalue weighted by atomic mass is 10.1. The van der Waals surface area contributed by atoms with Gasteiger partial charge in [-0.3, -0.25) is 14.9 Å². The summed E-state index contributed by atoms with van der Waals surface area (Å²) in [6, 6.07) is 1.98. The molecule has 1 aliphatic rings. The molecule has 0 saturated carbocycles. The Labute approximate surface area is 148 Å². The number of rotatable bonds is 5. The average Bonchev–Trinajstić information content (AvgIpc) is 3.26. The molecule has 2 aromatic rings. The van der Waals surface area contributed by atoms with E-state index < -0.39 is 0 Å². The third-order valence-electron chi connectivity index (χ3n) is 4.09. The van der Waals surface area contributed by atoms with Crippen molar-refractivity contribution in [2.24, 2.45) is 5.73 Å². The van der Waals surface area contributed by atoms with Crippen molar-refractivity contribution >= 4 is 39.6 Å². The van der Waals surface area contributed by atoms with Gasteiger partial charge in [0.15, 0.2) is 5.13 Å².